The summed E-state index contributed by atoms with van der Waals surface area (Å²) in [5, 5.41) is 0. The Bertz CT molecular complexity index is 1200. The highest BCUT2D eigenvalue weighted by molar-refractivity contribution is 5.77. The molecule has 5 rings (SSSR count). The van der Waals surface area contributed by atoms with Gasteiger partial charge in [0.25, 0.3) is 0 Å². The zero-order valence-electron chi connectivity index (χ0n) is 19.8. The summed E-state index contributed by atoms with van der Waals surface area (Å²) in [6.45, 7) is 9.96. The maximum Gasteiger partial charge on any atom is 0.132 e. The van der Waals surface area contributed by atoms with Gasteiger partial charge in [-0.05, 0) is 81.9 Å². The molecule has 2 atom stereocenters. The standard InChI is InChI=1S/C28H33N3O/c1-18-11-12-21(22-9-6-7-10-26(22)32-5)17-25(18)31-14-8-13-28(31,4)27-29-23-15-19(2)20(3)16-24(23)30-27/h6-7,9-11,15-17,21H,8,12-14H2,1-5H3,(H,29,30)/t21?,28-/m0/s1. The molecular formula is C28H33N3O. The quantitative estimate of drug-likeness (QED) is 0.515. The summed E-state index contributed by atoms with van der Waals surface area (Å²) in [6.07, 6.45) is 8.10. The van der Waals surface area contributed by atoms with E-state index in [1.54, 1.807) is 7.11 Å². The number of ether oxygens (including phenoxy) is 1. The summed E-state index contributed by atoms with van der Waals surface area (Å²) in [7, 11) is 1.76. The Labute approximate surface area is 191 Å². The van der Waals surface area contributed by atoms with E-state index < -0.39 is 0 Å². The Balaban J connectivity index is 1.55. The van der Waals surface area contributed by atoms with Crippen LogP contribution in [-0.2, 0) is 5.54 Å². The van der Waals surface area contributed by atoms with Gasteiger partial charge in [0.1, 0.15) is 11.6 Å². The maximum atomic E-state index is 5.67. The zero-order chi connectivity index (χ0) is 22.5. The van der Waals surface area contributed by atoms with Crippen molar-refractivity contribution in [2.24, 2.45) is 0 Å². The summed E-state index contributed by atoms with van der Waals surface area (Å²) < 4.78 is 5.67. The number of hydrogen-bond acceptors (Lipinski definition) is 3. The van der Waals surface area contributed by atoms with Crippen LogP contribution in [0.5, 0.6) is 5.75 Å². The van der Waals surface area contributed by atoms with Gasteiger partial charge in [-0.2, -0.15) is 0 Å². The number of imidazole rings is 1. The van der Waals surface area contributed by atoms with Gasteiger partial charge in [0.15, 0.2) is 0 Å². The molecule has 1 aliphatic heterocycles. The van der Waals surface area contributed by atoms with E-state index >= 15 is 0 Å². The lowest BCUT2D eigenvalue weighted by Crippen LogP contribution is -2.39. The van der Waals surface area contributed by atoms with Crippen molar-refractivity contribution >= 4 is 11.0 Å². The zero-order valence-corrected chi connectivity index (χ0v) is 19.8. The van der Waals surface area contributed by atoms with E-state index in [1.165, 1.54) is 28.0 Å². The SMILES string of the molecule is COc1ccccc1C1C=C(N2CCC[C@@]2(C)c2nc3cc(C)c(C)cc3[nH]2)C(C)=CC1. The number of nitrogens with one attached hydrogen (secondary N) is 1. The lowest BCUT2D eigenvalue weighted by Gasteiger charge is -2.39. The van der Waals surface area contributed by atoms with Crippen molar-refractivity contribution in [2.45, 2.75) is 58.4 Å². The number of H-pyrrole nitrogens is 1. The number of rotatable bonds is 4. The van der Waals surface area contributed by atoms with Crippen molar-refractivity contribution in [1.29, 1.82) is 0 Å². The molecule has 2 heterocycles. The number of hydrogen-bond donors (Lipinski definition) is 1. The van der Waals surface area contributed by atoms with E-state index in [0.29, 0.717) is 5.92 Å². The summed E-state index contributed by atoms with van der Waals surface area (Å²) in [6, 6.07) is 12.8. The Hall–Kier alpha value is -3.01. The number of benzene rings is 2. The monoisotopic (exact) mass is 427 g/mol. The van der Waals surface area contributed by atoms with Gasteiger partial charge in [0.05, 0.1) is 23.7 Å². The molecule has 1 aliphatic carbocycles. The summed E-state index contributed by atoms with van der Waals surface area (Å²) >= 11 is 0. The topological polar surface area (TPSA) is 41.1 Å². The lowest BCUT2D eigenvalue weighted by molar-refractivity contribution is 0.198. The molecule has 0 saturated carbocycles. The van der Waals surface area contributed by atoms with Crippen LogP contribution in [-0.4, -0.2) is 28.5 Å². The molecule has 0 radical (unpaired) electrons. The number of fused-ring (bicyclic) bond motifs is 1. The largest absolute Gasteiger partial charge is 0.496 e. The van der Waals surface area contributed by atoms with E-state index in [1.807, 2.05) is 6.07 Å². The van der Waals surface area contributed by atoms with Gasteiger partial charge >= 0.3 is 0 Å². The normalized spacial score (nSPS) is 23.4. The third-order valence-electron chi connectivity index (χ3n) is 7.52. The maximum absolute atomic E-state index is 5.67. The third-order valence-corrected chi connectivity index (χ3v) is 7.52. The molecule has 32 heavy (non-hydrogen) atoms. The Morgan fingerprint density at radius 2 is 1.91 bits per heavy atom. The second-order valence-electron chi connectivity index (χ2n) is 9.59. The second-order valence-corrected chi connectivity index (χ2v) is 9.59. The van der Waals surface area contributed by atoms with E-state index in [-0.39, 0.29) is 5.54 Å². The van der Waals surface area contributed by atoms with Crippen LogP contribution in [0.25, 0.3) is 11.0 Å². The van der Waals surface area contributed by atoms with Gasteiger partial charge in [-0.15, -0.1) is 0 Å². The molecule has 4 nitrogen and oxygen atoms in total. The fraction of sp³-hybridized carbons (Fsp3) is 0.393. The van der Waals surface area contributed by atoms with Crippen molar-refractivity contribution in [3.05, 3.63) is 82.3 Å². The van der Waals surface area contributed by atoms with Gasteiger partial charge in [-0.1, -0.05) is 30.4 Å². The van der Waals surface area contributed by atoms with Crippen molar-refractivity contribution in [3.63, 3.8) is 0 Å². The van der Waals surface area contributed by atoms with E-state index in [9.17, 15) is 0 Å². The summed E-state index contributed by atoms with van der Waals surface area (Å²) in [5.74, 6) is 2.35. The Morgan fingerprint density at radius 1 is 1.12 bits per heavy atom. The van der Waals surface area contributed by atoms with Crippen LogP contribution in [0, 0.1) is 13.8 Å². The van der Waals surface area contributed by atoms with Gasteiger partial charge in [0, 0.05) is 23.7 Å². The van der Waals surface area contributed by atoms with Gasteiger partial charge in [0.2, 0.25) is 0 Å². The Morgan fingerprint density at radius 3 is 2.72 bits per heavy atom. The third kappa shape index (κ3) is 3.33. The first-order chi connectivity index (χ1) is 15.4. The number of methoxy groups -OCH3 is 1. The average molecular weight is 428 g/mol. The molecule has 1 saturated heterocycles. The van der Waals surface area contributed by atoms with E-state index in [2.05, 4.69) is 80.1 Å². The predicted octanol–water partition coefficient (Wildman–Crippen LogP) is 6.52. The molecule has 166 valence electrons. The smallest absolute Gasteiger partial charge is 0.132 e. The number of nitrogens with zero attached hydrogens (tertiary/aromatic N) is 2. The van der Waals surface area contributed by atoms with Crippen molar-refractivity contribution in [2.75, 3.05) is 13.7 Å². The summed E-state index contributed by atoms with van der Waals surface area (Å²) in [5.41, 5.74) is 8.58. The minimum absolute atomic E-state index is 0.148. The molecule has 0 bridgehead atoms. The van der Waals surface area contributed by atoms with Crippen LogP contribution in [0.1, 0.15) is 61.5 Å². The molecule has 3 aromatic rings. The molecule has 0 amide bonds. The first kappa shape index (κ1) is 20.9. The van der Waals surface area contributed by atoms with Crippen LogP contribution in [0.15, 0.2) is 59.8 Å². The van der Waals surface area contributed by atoms with Crippen molar-refractivity contribution in [1.82, 2.24) is 14.9 Å². The number of aromatic nitrogens is 2. The molecule has 1 aromatic heterocycles. The summed E-state index contributed by atoms with van der Waals surface area (Å²) in [4.78, 5) is 11.3. The number of aromatic amines is 1. The minimum Gasteiger partial charge on any atom is -0.496 e. The highest BCUT2D eigenvalue weighted by Crippen LogP contribution is 2.45. The highest BCUT2D eigenvalue weighted by atomic mass is 16.5. The minimum atomic E-state index is -0.148. The van der Waals surface area contributed by atoms with Gasteiger partial charge in [-0.25, -0.2) is 4.98 Å². The van der Waals surface area contributed by atoms with E-state index in [0.717, 1.165) is 48.4 Å². The molecule has 1 fully saturated rings. The van der Waals surface area contributed by atoms with E-state index in [4.69, 9.17) is 9.72 Å². The molecule has 2 aromatic carbocycles. The highest BCUT2D eigenvalue weighted by Gasteiger charge is 2.42. The first-order valence-electron chi connectivity index (χ1n) is 11.7. The fourth-order valence-corrected chi connectivity index (χ4v) is 5.41. The number of likely N-dealkylation sites (tertiary alicyclic amines) is 1. The van der Waals surface area contributed by atoms with Crippen LogP contribution >= 0.6 is 0 Å². The van der Waals surface area contributed by atoms with Crippen LogP contribution in [0.3, 0.4) is 0 Å². The number of aryl methyl sites for hydroxylation is 2. The molecule has 4 heteroatoms. The lowest BCUT2D eigenvalue weighted by atomic mass is 9.86. The van der Waals surface area contributed by atoms with Crippen molar-refractivity contribution < 1.29 is 4.74 Å². The second kappa shape index (κ2) is 7.84. The van der Waals surface area contributed by atoms with Crippen LogP contribution in [0.4, 0.5) is 0 Å². The molecule has 1 N–H and O–H groups in total. The van der Waals surface area contributed by atoms with Gasteiger partial charge in [-0.3, -0.25) is 0 Å². The molecule has 0 spiro atoms. The first-order valence-corrected chi connectivity index (χ1v) is 11.7. The molecule has 2 aliphatic rings. The van der Waals surface area contributed by atoms with Crippen molar-refractivity contribution in [3.8, 4) is 5.75 Å². The van der Waals surface area contributed by atoms with Gasteiger partial charge < -0.3 is 14.6 Å². The predicted molar refractivity (Wildman–Crippen MR) is 131 cm³/mol. The molecular weight excluding hydrogens is 394 g/mol. The molecule has 1 unspecified atom stereocenters. The van der Waals surface area contributed by atoms with Crippen LogP contribution < -0.4 is 4.74 Å². The number of para-hydroxylation sites is 1. The number of allylic oxidation sites excluding steroid dienone is 3. The van der Waals surface area contributed by atoms with Crippen LogP contribution in [0.2, 0.25) is 0 Å². The Kier molecular flexibility index (Phi) is 5.11. The fourth-order valence-electron chi connectivity index (χ4n) is 5.41. The average Bonchev–Trinajstić information content (AvgIpc) is 3.39.